The van der Waals surface area contributed by atoms with E-state index in [0.29, 0.717) is 12.4 Å². The Hall–Kier alpha value is -1.05. The van der Waals surface area contributed by atoms with Crippen LogP contribution in [0.4, 0.5) is 4.39 Å². The third-order valence-corrected chi connectivity index (χ3v) is 7.03. The van der Waals surface area contributed by atoms with Crippen LogP contribution in [0, 0.1) is 17.7 Å². The topological polar surface area (TPSA) is 9.23 Å². The molecule has 1 aliphatic carbocycles. The van der Waals surface area contributed by atoms with Gasteiger partial charge in [-0.3, -0.25) is 0 Å². The highest BCUT2D eigenvalue weighted by atomic mass is 19.1. The molecule has 172 valence electrons. The van der Waals surface area contributed by atoms with Crippen LogP contribution in [0.1, 0.15) is 122 Å². The largest absolute Gasteiger partial charge is 0.493 e. The van der Waals surface area contributed by atoms with Gasteiger partial charge in [-0.1, -0.05) is 103 Å². The molecule has 1 fully saturated rings. The molecule has 30 heavy (non-hydrogen) atoms. The summed E-state index contributed by atoms with van der Waals surface area (Å²) in [6.07, 6.45) is 21.9. The fourth-order valence-corrected chi connectivity index (χ4v) is 4.97. The molecule has 0 atom stereocenters. The van der Waals surface area contributed by atoms with E-state index in [1.54, 1.807) is 6.07 Å². The van der Waals surface area contributed by atoms with E-state index < -0.39 is 0 Å². The van der Waals surface area contributed by atoms with E-state index in [4.69, 9.17) is 4.74 Å². The third-order valence-electron chi connectivity index (χ3n) is 7.03. The highest BCUT2D eigenvalue weighted by molar-refractivity contribution is 5.29. The Morgan fingerprint density at radius 2 is 1.37 bits per heavy atom. The molecule has 0 amide bonds. The predicted molar refractivity (Wildman–Crippen MR) is 128 cm³/mol. The Balaban J connectivity index is 1.55. The fourth-order valence-electron chi connectivity index (χ4n) is 4.97. The highest BCUT2D eigenvalue weighted by Crippen LogP contribution is 2.34. The minimum Gasteiger partial charge on any atom is -0.493 e. The van der Waals surface area contributed by atoms with Crippen LogP contribution >= 0.6 is 0 Å². The lowest BCUT2D eigenvalue weighted by molar-refractivity contribution is 0.228. The van der Waals surface area contributed by atoms with Crippen molar-refractivity contribution in [3.8, 4) is 5.75 Å². The quantitative estimate of drug-likeness (QED) is 0.243. The Bertz CT molecular complexity index is 548. The Morgan fingerprint density at radius 1 is 0.767 bits per heavy atom. The van der Waals surface area contributed by atoms with Gasteiger partial charge in [-0.2, -0.15) is 0 Å². The first-order chi connectivity index (χ1) is 14.7. The fraction of sp³-hybridized carbons (Fsp3) is 0.786. The minimum absolute atomic E-state index is 0.0950. The number of rotatable bonds is 16. The molecule has 0 aliphatic heterocycles. The molecule has 0 spiro atoms. The summed E-state index contributed by atoms with van der Waals surface area (Å²) in [5.74, 6) is 2.47. The average Bonchev–Trinajstić information content (AvgIpc) is 2.76. The number of hydrogen-bond acceptors (Lipinski definition) is 1. The van der Waals surface area contributed by atoms with Crippen molar-refractivity contribution in [2.45, 2.75) is 123 Å². The van der Waals surface area contributed by atoms with E-state index in [1.165, 1.54) is 89.9 Å². The van der Waals surface area contributed by atoms with Crippen LogP contribution in [0.25, 0.3) is 0 Å². The van der Waals surface area contributed by atoms with E-state index in [-0.39, 0.29) is 5.82 Å². The van der Waals surface area contributed by atoms with Crippen LogP contribution in [0.5, 0.6) is 5.75 Å². The van der Waals surface area contributed by atoms with Crippen LogP contribution in [0.3, 0.4) is 0 Å². The smallest absolute Gasteiger partial charge is 0.130 e. The number of aryl methyl sites for hydroxylation is 1. The summed E-state index contributed by atoms with van der Waals surface area (Å²) >= 11 is 0. The summed E-state index contributed by atoms with van der Waals surface area (Å²) in [5, 5.41) is 0. The predicted octanol–water partition coefficient (Wildman–Crippen LogP) is 9.27. The summed E-state index contributed by atoms with van der Waals surface area (Å²) in [7, 11) is 0. The molecule has 0 aromatic heterocycles. The zero-order valence-corrected chi connectivity index (χ0v) is 19.9. The van der Waals surface area contributed by atoms with Gasteiger partial charge in [0.05, 0.1) is 6.61 Å². The monoisotopic (exact) mass is 418 g/mol. The molecule has 1 saturated carbocycles. The molecule has 1 aliphatic rings. The van der Waals surface area contributed by atoms with Crippen LogP contribution in [0.15, 0.2) is 18.2 Å². The summed E-state index contributed by atoms with van der Waals surface area (Å²) in [6, 6.07) is 5.47. The SMILES string of the molecule is CCCCCCCCc1ccc(OCCC[C@H]2CC[C@H](CCCCC)CC2)cc1F. The van der Waals surface area contributed by atoms with E-state index in [0.717, 1.165) is 36.7 Å². The van der Waals surface area contributed by atoms with E-state index >= 15 is 0 Å². The van der Waals surface area contributed by atoms with Crippen molar-refractivity contribution >= 4 is 0 Å². The third kappa shape index (κ3) is 10.3. The summed E-state index contributed by atoms with van der Waals surface area (Å²) in [4.78, 5) is 0. The van der Waals surface area contributed by atoms with Gasteiger partial charge in [0, 0.05) is 6.07 Å². The van der Waals surface area contributed by atoms with Gasteiger partial charge < -0.3 is 4.74 Å². The van der Waals surface area contributed by atoms with Crippen molar-refractivity contribution in [1.82, 2.24) is 0 Å². The lowest BCUT2D eigenvalue weighted by Gasteiger charge is -2.28. The van der Waals surface area contributed by atoms with E-state index in [2.05, 4.69) is 13.8 Å². The van der Waals surface area contributed by atoms with Gasteiger partial charge in [0.1, 0.15) is 11.6 Å². The molecule has 2 rings (SSSR count). The molecule has 0 N–H and O–H groups in total. The second-order valence-electron chi connectivity index (χ2n) is 9.64. The maximum absolute atomic E-state index is 14.3. The van der Waals surface area contributed by atoms with Crippen molar-refractivity contribution in [3.63, 3.8) is 0 Å². The molecule has 1 aromatic rings. The van der Waals surface area contributed by atoms with Crippen LogP contribution in [-0.2, 0) is 6.42 Å². The normalized spacial score (nSPS) is 19.2. The number of hydrogen-bond donors (Lipinski definition) is 0. The zero-order valence-electron chi connectivity index (χ0n) is 19.9. The first-order valence-corrected chi connectivity index (χ1v) is 13.1. The Morgan fingerprint density at radius 3 is 2.03 bits per heavy atom. The molecular formula is C28H47FO. The molecule has 0 radical (unpaired) electrons. The standard InChI is InChI=1S/C28H47FO/c1-3-5-7-8-9-11-15-26-20-21-27(23-28(26)29)30-22-12-14-25-18-16-24(17-19-25)13-10-6-4-2/h20-21,23-25H,3-19,22H2,1-2H3/t24-,25-. The lowest BCUT2D eigenvalue weighted by atomic mass is 9.78. The summed E-state index contributed by atoms with van der Waals surface area (Å²) in [6.45, 7) is 5.24. The van der Waals surface area contributed by atoms with Gasteiger partial charge in [-0.05, 0) is 49.1 Å². The maximum Gasteiger partial charge on any atom is 0.130 e. The van der Waals surface area contributed by atoms with Crippen molar-refractivity contribution in [2.75, 3.05) is 6.61 Å². The first-order valence-electron chi connectivity index (χ1n) is 13.1. The number of unbranched alkanes of at least 4 members (excludes halogenated alkanes) is 7. The highest BCUT2D eigenvalue weighted by Gasteiger charge is 2.20. The lowest BCUT2D eigenvalue weighted by Crippen LogP contribution is -2.15. The second-order valence-corrected chi connectivity index (χ2v) is 9.64. The Kier molecular flexibility index (Phi) is 13.2. The van der Waals surface area contributed by atoms with E-state index in [9.17, 15) is 4.39 Å². The van der Waals surface area contributed by atoms with Gasteiger partial charge in [0.25, 0.3) is 0 Å². The van der Waals surface area contributed by atoms with Crippen LogP contribution in [0.2, 0.25) is 0 Å². The van der Waals surface area contributed by atoms with Crippen LogP contribution in [-0.4, -0.2) is 6.61 Å². The van der Waals surface area contributed by atoms with Crippen molar-refractivity contribution in [1.29, 1.82) is 0 Å². The molecule has 1 aromatic carbocycles. The number of benzene rings is 1. The van der Waals surface area contributed by atoms with Crippen molar-refractivity contribution in [2.24, 2.45) is 11.8 Å². The van der Waals surface area contributed by atoms with Gasteiger partial charge in [0.2, 0.25) is 0 Å². The zero-order chi connectivity index (χ0) is 21.4. The molecular weight excluding hydrogens is 371 g/mol. The Labute approximate surface area is 186 Å². The van der Waals surface area contributed by atoms with Crippen molar-refractivity contribution in [3.05, 3.63) is 29.6 Å². The molecule has 0 unspecified atom stereocenters. The number of ether oxygens (including phenoxy) is 1. The van der Waals surface area contributed by atoms with Crippen LogP contribution < -0.4 is 4.74 Å². The van der Waals surface area contributed by atoms with E-state index in [1.807, 2.05) is 12.1 Å². The summed E-state index contributed by atoms with van der Waals surface area (Å²) < 4.78 is 20.2. The molecule has 1 nitrogen and oxygen atoms in total. The average molecular weight is 419 g/mol. The molecule has 2 heteroatoms. The number of halogens is 1. The van der Waals surface area contributed by atoms with Gasteiger partial charge in [0.15, 0.2) is 0 Å². The minimum atomic E-state index is -0.0950. The maximum atomic E-state index is 14.3. The first kappa shape index (κ1) is 25.2. The van der Waals surface area contributed by atoms with Gasteiger partial charge in [-0.15, -0.1) is 0 Å². The summed E-state index contributed by atoms with van der Waals surface area (Å²) in [5.41, 5.74) is 0.841. The second kappa shape index (κ2) is 15.7. The molecule has 0 heterocycles. The van der Waals surface area contributed by atoms with Gasteiger partial charge >= 0.3 is 0 Å². The molecule has 0 bridgehead atoms. The van der Waals surface area contributed by atoms with Gasteiger partial charge in [-0.25, -0.2) is 4.39 Å². The van der Waals surface area contributed by atoms with Crippen molar-refractivity contribution < 1.29 is 9.13 Å². The molecule has 0 saturated heterocycles.